The molecule has 0 radical (unpaired) electrons. The van der Waals surface area contributed by atoms with Gasteiger partial charge in [0.15, 0.2) is 11.9 Å². The molecule has 0 heterocycles. The fourth-order valence-electron chi connectivity index (χ4n) is 4.44. The molecule has 0 aromatic heterocycles. The van der Waals surface area contributed by atoms with Crippen LogP contribution in [0.2, 0.25) is 10.0 Å². The number of carbonyl (C=O) groups is 1. The van der Waals surface area contributed by atoms with Crippen molar-refractivity contribution in [2.45, 2.75) is 117 Å². The Balaban J connectivity index is 1.70. The number of halogens is 2. The molecule has 206 valence electrons. The molecule has 4 nitrogen and oxygen atoms in total. The molecule has 0 aliphatic rings. The molecule has 0 fully saturated rings. The first-order valence-corrected chi connectivity index (χ1v) is 14.8. The van der Waals surface area contributed by atoms with Gasteiger partial charge in [0.05, 0.1) is 10.7 Å². The summed E-state index contributed by atoms with van der Waals surface area (Å²) in [6.45, 7) is 5.66. The Labute approximate surface area is 234 Å². The number of hydrogen-bond acceptors (Lipinski definition) is 3. The number of phenolic OH excluding ortho intramolecular Hbond substituents is 1. The third-order valence-electron chi connectivity index (χ3n) is 6.87. The monoisotopic (exact) mass is 549 g/mol. The summed E-state index contributed by atoms with van der Waals surface area (Å²) in [6.07, 6.45) is 17.4. The van der Waals surface area contributed by atoms with Crippen molar-refractivity contribution in [3.8, 4) is 11.5 Å². The molecule has 1 atom stereocenters. The van der Waals surface area contributed by atoms with Crippen LogP contribution in [0.3, 0.4) is 0 Å². The molecule has 2 aromatic rings. The van der Waals surface area contributed by atoms with Gasteiger partial charge in [0, 0.05) is 5.02 Å². The highest BCUT2D eigenvalue weighted by atomic mass is 35.5. The topological polar surface area (TPSA) is 58.6 Å². The standard InChI is InChI=1S/C31H45Cl2NO3/c1-4-5-6-7-8-9-10-11-12-13-14-15-16-19-25-20-17-18-21-28(25)37-24(3)31(36)34-27-22-26(32)23(2)29(33)30(27)35/h17-18,20-22,24,35H,4-16,19H2,1-3H3,(H,34,36). The van der Waals surface area contributed by atoms with Crippen LogP contribution < -0.4 is 10.1 Å². The van der Waals surface area contributed by atoms with Crippen molar-refractivity contribution in [3.05, 3.63) is 51.5 Å². The minimum absolute atomic E-state index is 0.125. The molecule has 6 heteroatoms. The number of para-hydroxylation sites is 1. The molecular formula is C31H45Cl2NO3. The second kappa shape index (κ2) is 17.6. The summed E-state index contributed by atoms with van der Waals surface area (Å²) >= 11 is 12.3. The van der Waals surface area contributed by atoms with E-state index in [1.54, 1.807) is 13.8 Å². The number of carbonyl (C=O) groups excluding carboxylic acids is 1. The lowest BCUT2D eigenvalue weighted by molar-refractivity contribution is -0.122. The normalized spacial score (nSPS) is 11.9. The van der Waals surface area contributed by atoms with Gasteiger partial charge in [0.1, 0.15) is 5.75 Å². The number of hydrogen-bond donors (Lipinski definition) is 2. The Morgan fingerprint density at radius 2 is 1.46 bits per heavy atom. The van der Waals surface area contributed by atoms with E-state index in [1.807, 2.05) is 18.2 Å². The lowest BCUT2D eigenvalue weighted by Crippen LogP contribution is -2.30. The fourth-order valence-corrected chi connectivity index (χ4v) is 4.89. The quantitative estimate of drug-likeness (QED) is 0.143. The zero-order chi connectivity index (χ0) is 27.0. The Kier molecular flexibility index (Phi) is 14.9. The Morgan fingerprint density at radius 1 is 0.919 bits per heavy atom. The molecule has 1 amide bonds. The van der Waals surface area contributed by atoms with E-state index in [9.17, 15) is 9.90 Å². The van der Waals surface area contributed by atoms with Crippen LogP contribution in [0.4, 0.5) is 5.69 Å². The highest BCUT2D eigenvalue weighted by molar-refractivity contribution is 6.37. The average molecular weight is 551 g/mol. The van der Waals surface area contributed by atoms with E-state index in [-0.39, 0.29) is 22.4 Å². The number of anilines is 1. The van der Waals surface area contributed by atoms with Crippen LogP contribution in [-0.2, 0) is 11.2 Å². The number of amides is 1. The van der Waals surface area contributed by atoms with Gasteiger partial charge in [-0.05, 0) is 49.9 Å². The SMILES string of the molecule is CCCCCCCCCCCCCCCc1ccccc1OC(C)C(=O)Nc1cc(Cl)c(C)c(Cl)c1O. The van der Waals surface area contributed by atoms with Crippen LogP contribution in [0.5, 0.6) is 11.5 Å². The Hall–Kier alpha value is -1.91. The van der Waals surface area contributed by atoms with Crippen molar-refractivity contribution in [2.24, 2.45) is 0 Å². The number of phenols is 1. The lowest BCUT2D eigenvalue weighted by Gasteiger charge is -2.18. The molecule has 0 saturated carbocycles. The van der Waals surface area contributed by atoms with Crippen LogP contribution in [0, 0.1) is 6.92 Å². The van der Waals surface area contributed by atoms with Crippen molar-refractivity contribution in [3.63, 3.8) is 0 Å². The van der Waals surface area contributed by atoms with Crippen LogP contribution in [0.25, 0.3) is 0 Å². The van der Waals surface area contributed by atoms with Crippen LogP contribution >= 0.6 is 23.2 Å². The van der Waals surface area contributed by atoms with Gasteiger partial charge in [-0.3, -0.25) is 4.79 Å². The molecule has 0 bridgehead atoms. The molecule has 37 heavy (non-hydrogen) atoms. The number of aryl methyl sites for hydroxylation is 1. The highest BCUT2D eigenvalue weighted by Crippen LogP contribution is 2.39. The second-order valence-electron chi connectivity index (χ2n) is 10.0. The third-order valence-corrected chi connectivity index (χ3v) is 7.73. The van der Waals surface area contributed by atoms with Gasteiger partial charge in [-0.25, -0.2) is 0 Å². The van der Waals surface area contributed by atoms with Crippen molar-refractivity contribution < 1.29 is 14.6 Å². The van der Waals surface area contributed by atoms with E-state index in [1.165, 1.54) is 83.1 Å². The van der Waals surface area contributed by atoms with E-state index in [0.29, 0.717) is 16.3 Å². The maximum atomic E-state index is 12.7. The van der Waals surface area contributed by atoms with Crippen molar-refractivity contribution in [1.29, 1.82) is 0 Å². The van der Waals surface area contributed by atoms with E-state index in [4.69, 9.17) is 27.9 Å². The van der Waals surface area contributed by atoms with Gasteiger partial charge >= 0.3 is 0 Å². The Morgan fingerprint density at radius 3 is 2.05 bits per heavy atom. The zero-order valence-corrected chi connectivity index (χ0v) is 24.4. The summed E-state index contributed by atoms with van der Waals surface area (Å²) in [4.78, 5) is 12.7. The molecule has 1 unspecified atom stereocenters. The van der Waals surface area contributed by atoms with Crippen molar-refractivity contribution in [2.75, 3.05) is 5.32 Å². The van der Waals surface area contributed by atoms with Gasteiger partial charge in [-0.2, -0.15) is 0 Å². The van der Waals surface area contributed by atoms with E-state index in [0.717, 1.165) is 18.4 Å². The second-order valence-corrected chi connectivity index (χ2v) is 10.8. The zero-order valence-electron chi connectivity index (χ0n) is 22.9. The number of unbranched alkanes of at least 4 members (excludes halogenated alkanes) is 12. The van der Waals surface area contributed by atoms with Gasteiger partial charge in [-0.15, -0.1) is 0 Å². The predicted molar refractivity (Wildman–Crippen MR) is 157 cm³/mol. The minimum atomic E-state index is -0.758. The molecule has 2 N–H and O–H groups in total. The number of benzene rings is 2. The fraction of sp³-hybridized carbons (Fsp3) is 0.581. The first kappa shape index (κ1) is 31.3. The first-order valence-electron chi connectivity index (χ1n) is 14.1. The Bertz CT molecular complexity index is 964. The van der Waals surface area contributed by atoms with E-state index >= 15 is 0 Å². The maximum Gasteiger partial charge on any atom is 0.265 e. The number of ether oxygens (including phenoxy) is 1. The highest BCUT2D eigenvalue weighted by Gasteiger charge is 2.20. The van der Waals surface area contributed by atoms with Crippen molar-refractivity contribution >= 4 is 34.8 Å². The summed E-state index contributed by atoms with van der Waals surface area (Å²) in [5, 5.41) is 13.4. The van der Waals surface area contributed by atoms with Gasteiger partial charge < -0.3 is 15.2 Å². The predicted octanol–water partition coefficient (Wildman–Crippen LogP) is 10.0. The van der Waals surface area contributed by atoms with Gasteiger partial charge in [0.2, 0.25) is 0 Å². The third kappa shape index (κ3) is 11.2. The van der Waals surface area contributed by atoms with Crippen LogP contribution in [-0.4, -0.2) is 17.1 Å². The number of rotatable bonds is 18. The van der Waals surface area contributed by atoms with E-state index < -0.39 is 6.10 Å². The summed E-state index contributed by atoms with van der Waals surface area (Å²) in [5.41, 5.74) is 1.83. The van der Waals surface area contributed by atoms with E-state index in [2.05, 4.69) is 18.3 Å². The largest absolute Gasteiger partial charge is 0.504 e. The van der Waals surface area contributed by atoms with Gasteiger partial charge in [0.25, 0.3) is 5.91 Å². The number of nitrogens with one attached hydrogen (secondary N) is 1. The summed E-state index contributed by atoms with van der Waals surface area (Å²) < 4.78 is 6.01. The smallest absolute Gasteiger partial charge is 0.265 e. The maximum absolute atomic E-state index is 12.7. The molecule has 0 saturated heterocycles. The molecular weight excluding hydrogens is 505 g/mol. The number of aromatic hydroxyl groups is 1. The molecule has 0 aliphatic carbocycles. The average Bonchev–Trinajstić information content (AvgIpc) is 2.89. The summed E-state index contributed by atoms with van der Waals surface area (Å²) in [6, 6.07) is 9.37. The molecule has 0 spiro atoms. The molecule has 2 aromatic carbocycles. The summed E-state index contributed by atoms with van der Waals surface area (Å²) in [5.74, 6) is 0.127. The molecule has 2 rings (SSSR count). The summed E-state index contributed by atoms with van der Waals surface area (Å²) in [7, 11) is 0. The van der Waals surface area contributed by atoms with Gasteiger partial charge in [-0.1, -0.05) is 125 Å². The lowest BCUT2D eigenvalue weighted by atomic mass is 10.0. The first-order chi connectivity index (χ1) is 17.8. The van der Waals surface area contributed by atoms with Crippen LogP contribution in [0.15, 0.2) is 30.3 Å². The van der Waals surface area contributed by atoms with Crippen molar-refractivity contribution in [1.82, 2.24) is 0 Å². The minimum Gasteiger partial charge on any atom is -0.504 e. The van der Waals surface area contributed by atoms with Crippen LogP contribution in [0.1, 0.15) is 108 Å². The molecule has 0 aliphatic heterocycles.